The molecule has 0 bridgehead atoms. The van der Waals surface area contributed by atoms with Crippen LogP contribution in [-0.2, 0) is 6.54 Å². The predicted octanol–water partition coefficient (Wildman–Crippen LogP) is 2.39. The molecule has 0 radical (unpaired) electrons. The Hall–Kier alpha value is -2.00. The second-order valence-electron chi connectivity index (χ2n) is 4.67. The lowest BCUT2D eigenvalue weighted by Crippen LogP contribution is -2.10. The predicted molar refractivity (Wildman–Crippen MR) is 76.1 cm³/mol. The van der Waals surface area contributed by atoms with Crippen LogP contribution in [0.4, 0.5) is 10.7 Å². The summed E-state index contributed by atoms with van der Waals surface area (Å²) in [6, 6.07) is 4.09. The summed E-state index contributed by atoms with van der Waals surface area (Å²) in [4.78, 5) is 0.628. The van der Waals surface area contributed by atoms with Crippen molar-refractivity contribution in [3.63, 3.8) is 0 Å². The third kappa shape index (κ3) is 2.42. The molecular weight excluding hydrogens is 258 g/mol. The summed E-state index contributed by atoms with van der Waals surface area (Å²) in [5.41, 5.74) is 7.88. The fraction of sp³-hybridized carbons (Fsp3) is 0.385. The van der Waals surface area contributed by atoms with E-state index in [1.165, 1.54) is 24.2 Å². The Labute approximate surface area is 115 Å². The molecule has 0 saturated heterocycles. The first-order valence-corrected chi connectivity index (χ1v) is 7.15. The molecule has 0 aliphatic heterocycles. The van der Waals surface area contributed by atoms with E-state index in [1.54, 1.807) is 6.20 Å². The number of nitrogens with two attached hydrogens (primary N) is 1. The fourth-order valence-electron chi connectivity index (χ4n) is 2.17. The van der Waals surface area contributed by atoms with Gasteiger partial charge in [0.2, 0.25) is 0 Å². The Kier molecular flexibility index (Phi) is 3.13. The zero-order valence-electron chi connectivity index (χ0n) is 10.5. The fourth-order valence-corrected chi connectivity index (χ4v) is 3.20. The smallest absolute Gasteiger partial charge is 0.130 e. The first-order valence-electron chi connectivity index (χ1n) is 6.33. The second kappa shape index (κ2) is 4.94. The van der Waals surface area contributed by atoms with Crippen LogP contribution in [-0.4, -0.2) is 16.3 Å². The maximum atomic E-state index is 9.07. The minimum Gasteiger partial charge on any atom is -0.397 e. The van der Waals surface area contributed by atoms with Crippen molar-refractivity contribution >= 4 is 22.0 Å². The van der Waals surface area contributed by atoms with Gasteiger partial charge in [-0.2, -0.15) is 10.4 Å². The first-order chi connectivity index (χ1) is 9.29. The quantitative estimate of drug-likeness (QED) is 0.876. The zero-order chi connectivity index (χ0) is 13.2. The lowest BCUT2D eigenvalue weighted by atomic mass is 10.1. The number of hydrogen-bond donors (Lipinski definition) is 2. The van der Waals surface area contributed by atoms with Crippen molar-refractivity contribution in [1.29, 1.82) is 5.26 Å². The van der Waals surface area contributed by atoms with Crippen molar-refractivity contribution < 1.29 is 0 Å². The number of nitrogens with one attached hydrogen (secondary N) is 1. The number of nitrogen functional groups attached to an aromatic ring is 1. The summed E-state index contributed by atoms with van der Waals surface area (Å²) in [7, 11) is 0. The Morgan fingerprint density at radius 1 is 1.58 bits per heavy atom. The van der Waals surface area contributed by atoms with Gasteiger partial charge in [-0.05, 0) is 24.8 Å². The highest BCUT2D eigenvalue weighted by Crippen LogP contribution is 2.50. The van der Waals surface area contributed by atoms with Gasteiger partial charge in [-0.15, -0.1) is 11.3 Å². The molecular formula is C13H15N5S. The van der Waals surface area contributed by atoms with E-state index in [2.05, 4.69) is 16.5 Å². The van der Waals surface area contributed by atoms with E-state index in [-0.39, 0.29) is 0 Å². The molecule has 3 rings (SSSR count). The average molecular weight is 273 g/mol. The summed E-state index contributed by atoms with van der Waals surface area (Å²) in [5, 5.41) is 17.7. The van der Waals surface area contributed by atoms with Crippen LogP contribution in [0.5, 0.6) is 0 Å². The molecule has 0 atom stereocenters. The van der Waals surface area contributed by atoms with E-state index >= 15 is 0 Å². The molecule has 0 unspecified atom stereocenters. The zero-order valence-corrected chi connectivity index (χ0v) is 11.3. The van der Waals surface area contributed by atoms with Crippen molar-refractivity contribution in [2.24, 2.45) is 0 Å². The topological polar surface area (TPSA) is 79.7 Å². The molecule has 6 heteroatoms. The van der Waals surface area contributed by atoms with E-state index in [1.807, 2.05) is 16.9 Å². The summed E-state index contributed by atoms with van der Waals surface area (Å²) in [6.45, 7) is 1.59. The molecule has 1 fully saturated rings. The van der Waals surface area contributed by atoms with Gasteiger partial charge in [0, 0.05) is 24.5 Å². The molecule has 2 aromatic heterocycles. The third-order valence-electron chi connectivity index (χ3n) is 3.26. The molecule has 1 saturated carbocycles. The molecule has 0 amide bonds. The number of nitrogens with zero attached hydrogens (tertiary/aromatic N) is 3. The van der Waals surface area contributed by atoms with Crippen LogP contribution in [0.3, 0.4) is 0 Å². The Bertz CT molecular complexity index is 604. The largest absolute Gasteiger partial charge is 0.397 e. The number of hydrogen-bond acceptors (Lipinski definition) is 5. The van der Waals surface area contributed by atoms with E-state index in [4.69, 9.17) is 11.0 Å². The summed E-state index contributed by atoms with van der Waals surface area (Å²) in [5.74, 6) is 0.547. The van der Waals surface area contributed by atoms with E-state index < -0.39 is 0 Å². The lowest BCUT2D eigenvalue weighted by Gasteiger charge is -2.07. The van der Waals surface area contributed by atoms with Gasteiger partial charge in [-0.25, -0.2) is 0 Å². The number of aromatic nitrogens is 2. The molecule has 0 aromatic carbocycles. The van der Waals surface area contributed by atoms with Crippen LogP contribution in [0.1, 0.15) is 29.2 Å². The summed E-state index contributed by atoms with van der Waals surface area (Å²) >= 11 is 1.46. The van der Waals surface area contributed by atoms with Gasteiger partial charge in [-0.3, -0.25) is 4.68 Å². The molecule has 2 aromatic rings. The van der Waals surface area contributed by atoms with Crippen LogP contribution in [0.25, 0.3) is 0 Å². The lowest BCUT2D eigenvalue weighted by molar-refractivity contribution is 0.638. The third-order valence-corrected chi connectivity index (χ3v) is 4.34. The van der Waals surface area contributed by atoms with Crippen molar-refractivity contribution in [1.82, 2.24) is 9.78 Å². The Morgan fingerprint density at radius 2 is 2.42 bits per heavy atom. The van der Waals surface area contributed by atoms with Crippen LogP contribution >= 0.6 is 11.3 Å². The number of nitriles is 1. The highest BCUT2D eigenvalue weighted by molar-refractivity contribution is 7.17. The SMILES string of the molecule is N#Cc1sc(NCCn2cccn2)c(C2CC2)c1N. The van der Waals surface area contributed by atoms with Gasteiger partial charge in [0.25, 0.3) is 0 Å². The molecule has 3 N–H and O–H groups in total. The molecule has 0 spiro atoms. The number of anilines is 2. The van der Waals surface area contributed by atoms with E-state index in [9.17, 15) is 0 Å². The monoisotopic (exact) mass is 273 g/mol. The number of rotatable bonds is 5. The van der Waals surface area contributed by atoms with Gasteiger partial charge in [-0.1, -0.05) is 0 Å². The molecule has 1 aliphatic rings. The van der Waals surface area contributed by atoms with Gasteiger partial charge in [0.05, 0.1) is 17.2 Å². The van der Waals surface area contributed by atoms with E-state index in [0.29, 0.717) is 16.5 Å². The Balaban J connectivity index is 1.71. The first kappa shape index (κ1) is 12.1. The maximum Gasteiger partial charge on any atom is 0.130 e. The summed E-state index contributed by atoms with van der Waals surface area (Å²) in [6.07, 6.45) is 6.07. The number of thiophene rings is 1. The van der Waals surface area contributed by atoms with Gasteiger partial charge in [0.1, 0.15) is 10.9 Å². The average Bonchev–Trinajstić information content (AvgIpc) is 3.00. The van der Waals surface area contributed by atoms with Crippen LogP contribution in [0, 0.1) is 11.3 Å². The molecule has 19 heavy (non-hydrogen) atoms. The van der Waals surface area contributed by atoms with Crippen LogP contribution < -0.4 is 11.1 Å². The minimum absolute atomic E-state index is 0.547. The van der Waals surface area contributed by atoms with Crippen LogP contribution in [0.15, 0.2) is 18.5 Å². The van der Waals surface area contributed by atoms with Crippen molar-refractivity contribution in [3.05, 3.63) is 28.9 Å². The van der Waals surface area contributed by atoms with Gasteiger partial charge >= 0.3 is 0 Å². The molecule has 2 heterocycles. The van der Waals surface area contributed by atoms with Gasteiger partial charge in [0.15, 0.2) is 0 Å². The summed E-state index contributed by atoms with van der Waals surface area (Å²) < 4.78 is 1.88. The van der Waals surface area contributed by atoms with Crippen molar-refractivity contribution in [2.45, 2.75) is 25.3 Å². The van der Waals surface area contributed by atoms with Gasteiger partial charge < -0.3 is 11.1 Å². The highest BCUT2D eigenvalue weighted by Gasteiger charge is 2.31. The Morgan fingerprint density at radius 3 is 3.05 bits per heavy atom. The van der Waals surface area contributed by atoms with Crippen molar-refractivity contribution in [2.75, 3.05) is 17.6 Å². The minimum atomic E-state index is 0.547. The maximum absolute atomic E-state index is 9.07. The normalized spacial score (nSPS) is 14.3. The van der Waals surface area contributed by atoms with Crippen molar-refractivity contribution in [3.8, 4) is 6.07 Å². The molecule has 1 aliphatic carbocycles. The standard InChI is InChI=1S/C13H15N5S/c14-8-10-12(15)11(9-2-3-9)13(19-10)16-5-7-18-6-1-4-17-18/h1,4,6,9,16H,2-3,5,7,15H2. The molecule has 98 valence electrons. The molecule has 5 nitrogen and oxygen atoms in total. The second-order valence-corrected chi connectivity index (χ2v) is 5.69. The van der Waals surface area contributed by atoms with E-state index in [0.717, 1.165) is 23.7 Å². The highest BCUT2D eigenvalue weighted by atomic mass is 32.1. The van der Waals surface area contributed by atoms with Crippen LogP contribution in [0.2, 0.25) is 0 Å².